The van der Waals surface area contributed by atoms with Crippen LogP contribution in [0, 0.1) is 0 Å². The van der Waals surface area contributed by atoms with Gasteiger partial charge >= 0.3 is 0 Å². The summed E-state index contributed by atoms with van der Waals surface area (Å²) < 4.78 is 5.21. The van der Waals surface area contributed by atoms with Gasteiger partial charge in [-0.25, -0.2) is 0 Å². The number of hydrogen-bond donors (Lipinski definition) is 2. The molecule has 1 aromatic rings. The molecule has 0 saturated heterocycles. The van der Waals surface area contributed by atoms with Crippen LogP contribution in [0.1, 0.15) is 12.8 Å². The van der Waals surface area contributed by atoms with Gasteiger partial charge in [-0.2, -0.15) is 0 Å². The quantitative estimate of drug-likeness (QED) is 0.718. The zero-order valence-electron chi connectivity index (χ0n) is 8.36. The van der Waals surface area contributed by atoms with Gasteiger partial charge in [-0.3, -0.25) is 0 Å². The van der Waals surface area contributed by atoms with Crippen molar-refractivity contribution >= 4 is 11.4 Å². The van der Waals surface area contributed by atoms with Gasteiger partial charge in [0.1, 0.15) is 0 Å². The summed E-state index contributed by atoms with van der Waals surface area (Å²) in [6.45, 7) is 0. The Morgan fingerprint density at radius 3 is 2.50 bits per heavy atom. The number of nitrogens with two attached hydrogens (primary N) is 1. The maximum Gasteiger partial charge on any atom is 0.0610 e. The van der Waals surface area contributed by atoms with Gasteiger partial charge in [-0.05, 0) is 37.1 Å². The topological polar surface area (TPSA) is 47.3 Å². The van der Waals surface area contributed by atoms with Gasteiger partial charge in [0.15, 0.2) is 0 Å². The van der Waals surface area contributed by atoms with Crippen LogP contribution in [0.3, 0.4) is 0 Å². The first-order valence-corrected chi connectivity index (χ1v) is 4.93. The number of hydrogen-bond acceptors (Lipinski definition) is 3. The molecule has 0 unspecified atom stereocenters. The van der Waals surface area contributed by atoms with Crippen molar-refractivity contribution in [2.45, 2.75) is 25.0 Å². The van der Waals surface area contributed by atoms with E-state index in [1.54, 1.807) is 7.11 Å². The van der Waals surface area contributed by atoms with Crippen LogP contribution in [0.25, 0.3) is 0 Å². The smallest absolute Gasteiger partial charge is 0.0610 e. The lowest BCUT2D eigenvalue weighted by atomic mass is 9.89. The minimum absolute atomic E-state index is 0.446. The van der Waals surface area contributed by atoms with Crippen LogP contribution in [-0.2, 0) is 4.74 Å². The molecule has 1 fully saturated rings. The van der Waals surface area contributed by atoms with Gasteiger partial charge < -0.3 is 15.8 Å². The third-order valence-corrected chi connectivity index (χ3v) is 2.71. The Bertz CT molecular complexity index is 291. The van der Waals surface area contributed by atoms with E-state index in [1.165, 1.54) is 0 Å². The highest BCUT2D eigenvalue weighted by Gasteiger charge is 2.28. The van der Waals surface area contributed by atoms with Crippen molar-refractivity contribution in [3.8, 4) is 0 Å². The van der Waals surface area contributed by atoms with Crippen molar-refractivity contribution in [2.75, 3.05) is 18.2 Å². The Morgan fingerprint density at radius 2 is 1.93 bits per heavy atom. The summed E-state index contributed by atoms with van der Waals surface area (Å²) in [7, 11) is 1.77. The molecule has 1 aliphatic rings. The standard InChI is InChI=1S/C11H16N2O/c1-14-11-6-10(7-11)13-9-4-2-8(12)3-5-9/h2-5,10-11,13H,6-7,12H2,1H3. The molecule has 3 nitrogen and oxygen atoms in total. The summed E-state index contributed by atoms with van der Waals surface area (Å²) in [6, 6.07) is 8.40. The average Bonchev–Trinajstić information content (AvgIpc) is 2.13. The first-order valence-electron chi connectivity index (χ1n) is 4.93. The van der Waals surface area contributed by atoms with Gasteiger partial charge in [0.05, 0.1) is 6.10 Å². The van der Waals surface area contributed by atoms with Crippen LogP contribution in [0.4, 0.5) is 11.4 Å². The first-order chi connectivity index (χ1) is 6.78. The van der Waals surface area contributed by atoms with Gasteiger partial charge in [0.2, 0.25) is 0 Å². The van der Waals surface area contributed by atoms with Gasteiger partial charge in [-0.15, -0.1) is 0 Å². The number of ether oxygens (including phenoxy) is 1. The largest absolute Gasteiger partial charge is 0.399 e. The first kappa shape index (κ1) is 9.34. The number of rotatable bonds is 3. The Labute approximate surface area is 84.3 Å². The van der Waals surface area contributed by atoms with Crippen LogP contribution >= 0.6 is 0 Å². The minimum atomic E-state index is 0.446. The zero-order valence-corrected chi connectivity index (χ0v) is 8.36. The van der Waals surface area contributed by atoms with Crippen molar-refractivity contribution in [1.82, 2.24) is 0 Å². The minimum Gasteiger partial charge on any atom is -0.399 e. The fraction of sp³-hybridized carbons (Fsp3) is 0.455. The average molecular weight is 192 g/mol. The molecule has 0 aliphatic heterocycles. The van der Waals surface area contributed by atoms with E-state index < -0.39 is 0 Å². The number of nitrogen functional groups attached to an aromatic ring is 1. The van der Waals surface area contributed by atoms with Gasteiger partial charge in [0, 0.05) is 24.5 Å². The summed E-state index contributed by atoms with van der Waals surface area (Å²) in [4.78, 5) is 0. The molecule has 2 rings (SSSR count). The van der Waals surface area contributed by atoms with Crippen LogP contribution in [0.15, 0.2) is 24.3 Å². The highest BCUT2D eigenvalue weighted by atomic mass is 16.5. The highest BCUT2D eigenvalue weighted by molar-refractivity contribution is 5.51. The highest BCUT2D eigenvalue weighted by Crippen LogP contribution is 2.26. The van der Waals surface area contributed by atoms with E-state index in [9.17, 15) is 0 Å². The number of anilines is 2. The van der Waals surface area contributed by atoms with Crippen molar-refractivity contribution in [3.63, 3.8) is 0 Å². The molecule has 0 radical (unpaired) electrons. The molecule has 0 amide bonds. The van der Waals surface area contributed by atoms with Gasteiger partial charge in [0.25, 0.3) is 0 Å². The molecule has 0 heterocycles. The lowest BCUT2D eigenvalue weighted by Gasteiger charge is -2.35. The summed E-state index contributed by atoms with van der Waals surface area (Å²) >= 11 is 0. The summed E-state index contributed by atoms with van der Waals surface area (Å²) in [5.41, 5.74) is 7.54. The second-order valence-corrected chi connectivity index (χ2v) is 3.79. The predicted octanol–water partition coefficient (Wildman–Crippen LogP) is 1.86. The second-order valence-electron chi connectivity index (χ2n) is 3.79. The van der Waals surface area contributed by atoms with E-state index in [4.69, 9.17) is 10.5 Å². The van der Waals surface area contributed by atoms with Crippen molar-refractivity contribution in [1.29, 1.82) is 0 Å². The van der Waals surface area contributed by atoms with Crippen molar-refractivity contribution in [3.05, 3.63) is 24.3 Å². The normalized spacial score (nSPS) is 25.5. The van der Waals surface area contributed by atoms with E-state index in [1.807, 2.05) is 24.3 Å². The van der Waals surface area contributed by atoms with E-state index in [2.05, 4.69) is 5.32 Å². The van der Waals surface area contributed by atoms with E-state index in [0.29, 0.717) is 12.1 Å². The maximum atomic E-state index is 5.60. The monoisotopic (exact) mass is 192 g/mol. The molecule has 1 aromatic carbocycles. The Balaban J connectivity index is 1.84. The third-order valence-electron chi connectivity index (χ3n) is 2.71. The number of methoxy groups -OCH3 is 1. The summed E-state index contributed by atoms with van der Waals surface area (Å²) in [6.07, 6.45) is 2.64. The molecule has 76 valence electrons. The van der Waals surface area contributed by atoms with E-state index in [-0.39, 0.29) is 0 Å². The third kappa shape index (κ3) is 1.99. The predicted molar refractivity (Wildman–Crippen MR) is 58.3 cm³/mol. The molecule has 0 spiro atoms. The van der Waals surface area contributed by atoms with E-state index >= 15 is 0 Å². The molecular formula is C11H16N2O. The SMILES string of the molecule is COC1CC(Nc2ccc(N)cc2)C1. The van der Waals surface area contributed by atoms with Crippen molar-refractivity contribution < 1.29 is 4.74 Å². The fourth-order valence-corrected chi connectivity index (χ4v) is 1.69. The molecule has 0 atom stereocenters. The van der Waals surface area contributed by atoms with Gasteiger partial charge in [-0.1, -0.05) is 0 Å². The van der Waals surface area contributed by atoms with Crippen molar-refractivity contribution in [2.24, 2.45) is 0 Å². The Kier molecular flexibility index (Phi) is 2.59. The number of nitrogens with one attached hydrogen (secondary N) is 1. The Morgan fingerprint density at radius 1 is 1.29 bits per heavy atom. The molecular weight excluding hydrogens is 176 g/mol. The molecule has 1 aliphatic carbocycles. The van der Waals surface area contributed by atoms with E-state index in [0.717, 1.165) is 24.2 Å². The van der Waals surface area contributed by atoms with Crippen LogP contribution in [0.2, 0.25) is 0 Å². The van der Waals surface area contributed by atoms with Crippen LogP contribution < -0.4 is 11.1 Å². The zero-order chi connectivity index (χ0) is 9.97. The number of benzene rings is 1. The molecule has 0 bridgehead atoms. The lowest BCUT2D eigenvalue weighted by molar-refractivity contribution is 0.0329. The Hall–Kier alpha value is -1.22. The molecule has 3 N–H and O–H groups in total. The maximum absolute atomic E-state index is 5.60. The second kappa shape index (κ2) is 3.88. The molecule has 0 aromatic heterocycles. The summed E-state index contributed by atoms with van der Waals surface area (Å²) in [5, 5.41) is 3.43. The molecule has 3 heteroatoms. The molecule has 1 saturated carbocycles. The fourth-order valence-electron chi connectivity index (χ4n) is 1.69. The van der Waals surface area contributed by atoms with Crippen LogP contribution in [0.5, 0.6) is 0 Å². The summed E-state index contributed by atoms with van der Waals surface area (Å²) in [5.74, 6) is 0. The lowest BCUT2D eigenvalue weighted by Crippen LogP contribution is -2.40. The van der Waals surface area contributed by atoms with Crippen LogP contribution in [-0.4, -0.2) is 19.3 Å². The molecule has 14 heavy (non-hydrogen) atoms.